The van der Waals surface area contributed by atoms with Crippen LogP contribution in [0.1, 0.15) is 43.5 Å². The molecule has 0 spiro atoms. The molecule has 2 N–H and O–H groups in total. The molecule has 1 aliphatic heterocycles. The van der Waals surface area contributed by atoms with Gasteiger partial charge in [0.1, 0.15) is 0 Å². The molecule has 21 heavy (non-hydrogen) atoms. The van der Waals surface area contributed by atoms with Crippen LogP contribution in [0.15, 0.2) is 29.4 Å². The van der Waals surface area contributed by atoms with E-state index in [1.54, 1.807) is 0 Å². The van der Waals surface area contributed by atoms with Crippen LogP contribution in [0.3, 0.4) is 0 Å². The summed E-state index contributed by atoms with van der Waals surface area (Å²) in [6, 6.07) is 7.57. The largest absolute Gasteiger partial charge is 0.396 e. The number of carbonyl (C=O) groups excluding carboxylic acids is 1. The van der Waals surface area contributed by atoms with Gasteiger partial charge in [-0.1, -0.05) is 0 Å². The molecule has 0 bridgehead atoms. The molecule has 1 unspecified atom stereocenters. The molecule has 0 saturated heterocycles. The first kappa shape index (κ1) is 15.5. The third-order valence-corrected chi connectivity index (χ3v) is 3.58. The van der Waals surface area contributed by atoms with Crippen molar-refractivity contribution >= 4 is 17.3 Å². The van der Waals surface area contributed by atoms with E-state index in [2.05, 4.69) is 10.4 Å². The fraction of sp³-hybridized carbons (Fsp3) is 0.500. The van der Waals surface area contributed by atoms with E-state index < -0.39 is 0 Å². The minimum Gasteiger partial charge on any atom is -0.396 e. The van der Waals surface area contributed by atoms with Crippen LogP contribution >= 0.6 is 0 Å². The van der Waals surface area contributed by atoms with Gasteiger partial charge in [-0.2, -0.15) is 5.10 Å². The second kappa shape index (κ2) is 7.22. The predicted molar refractivity (Wildman–Crippen MR) is 84.8 cm³/mol. The number of anilines is 1. The molecule has 1 heterocycles. The first-order chi connectivity index (χ1) is 10.1. The number of hydrogen-bond donors (Lipinski definition) is 2. The molecule has 0 aromatic heterocycles. The lowest BCUT2D eigenvalue weighted by Gasteiger charge is -2.15. The molecule has 5 heteroatoms. The molecule has 1 aliphatic rings. The lowest BCUT2D eigenvalue weighted by Crippen LogP contribution is -2.32. The molecule has 2 rings (SSSR count). The fourth-order valence-electron chi connectivity index (χ4n) is 2.32. The molecular formula is C16H23N3O2. The Morgan fingerprint density at radius 3 is 2.71 bits per heavy atom. The second-order valence-electron chi connectivity index (χ2n) is 5.50. The van der Waals surface area contributed by atoms with Gasteiger partial charge in [0.25, 0.3) is 5.91 Å². The van der Waals surface area contributed by atoms with Crippen molar-refractivity contribution in [1.29, 1.82) is 0 Å². The number of aliphatic hydroxyl groups excluding tert-OH is 1. The average molecular weight is 289 g/mol. The van der Waals surface area contributed by atoms with E-state index in [1.165, 1.54) is 0 Å². The monoisotopic (exact) mass is 289 g/mol. The molecule has 0 radical (unpaired) electrons. The zero-order valence-corrected chi connectivity index (χ0v) is 12.7. The van der Waals surface area contributed by atoms with E-state index in [1.807, 2.05) is 43.1 Å². The minimum atomic E-state index is -0.0758. The maximum atomic E-state index is 12.1. The smallest absolute Gasteiger partial charge is 0.251 e. The first-order valence-electron chi connectivity index (χ1n) is 7.43. The Bertz CT molecular complexity index is 511. The van der Waals surface area contributed by atoms with Gasteiger partial charge in [0.2, 0.25) is 0 Å². The summed E-state index contributed by atoms with van der Waals surface area (Å²) >= 11 is 0. The maximum absolute atomic E-state index is 12.1. The summed E-state index contributed by atoms with van der Waals surface area (Å²) in [7, 11) is 0. The molecule has 0 saturated carbocycles. The summed E-state index contributed by atoms with van der Waals surface area (Å²) in [5, 5.41) is 18.1. The highest BCUT2D eigenvalue weighted by molar-refractivity contribution is 5.94. The van der Waals surface area contributed by atoms with Crippen molar-refractivity contribution in [3.8, 4) is 0 Å². The Morgan fingerprint density at radius 2 is 2.14 bits per heavy atom. The van der Waals surface area contributed by atoms with Crippen LogP contribution in [0.25, 0.3) is 0 Å². The fourth-order valence-corrected chi connectivity index (χ4v) is 2.32. The summed E-state index contributed by atoms with van der Waals surface area (Å²) in [5.74, 6) is -0.0758. The van der Waals surface area contributed by atoms with Gasteiger partial charge in [0.05, 0.1) is 5.69 Å². The summed E-state index contributed by atoms with van der Waals surface area (Å²) in [4.78, 5) is 12.1. The van der Waals surface area contributed by atoms with Gasteiger partial charge in [0, 0.05) is 36.9 Å². The zero-order valence-electron chi connectivity index (χ0n) is 12.7. The minimum absolute atomic E-state index is 0.0650. The molecule has 0 aliphatic carbocycles. The number of hydrogen-bond acceptors (Lipinski definition) is 4. The Kier molecular flexibility index (Phi) is 5.33. The lowest BCUT2D eigenvalue weighted by molar-refractivity contribution is 0.0936. The van der Waals surface area contributed by atoms with Gasteiger partial charge in [-0.3, -0.25) is 9.80 Å². The van der Waals surface area contributed by atoms with Crippen molar-refractivity contribution in [3.63, 3.8) is 0 Å². The third kappa shape index (κ3) is 4.29. The van der Waals surface area contributed by atoms with Gasteiger partial charge >= 0.3 is 0 Å². The Labute approximate surface area is 125 Å². The highest BCUT2D eigenvalue weighted by Gasteiger charge is 2.14. The normalized spacial score (nSPS) is 15.8. The standard InChI is InChI=1S/C16H23N3O2/c1-12(4-3-11-20)17-16(21)14-5-7-15(8-6-14)19-10-9-13(2)18-19/h5-8,12,20H,3-4,9-11H2,1-2H3,(H,17,21). The van der Waals surface area contributed by atoms with E-state index >= 15 is 0 Å². The molecule has 0 fully saturated rings. The highest BCUT2D eigenvalue weighted by Crippen LogP contribution is 2.19. The topological polar surface area (TPSA) is 64.9 Å². The number of aliphatic hydroxyl groups is 1. The van der Waals surface area contributed by atoms with Crippen molar-refractivity contribution in [3.05, 3.63) is 29.8 Å². The SMILES string of the molecule is CC1=NN(c2ccc(C(=O)NC(C)CCCO)cc2)CC1. The van der Waals surface area contributed by atoms with Gasteiger partial charge in [-0.15, -0.1) is 0 Å². The van der Waals surface area contributed by atoms with Gasteiger partial charge in [0.15, 0.2) is 0 Å². The van der Waals surface area contributed by atoms with Crippen LogP contribution in [0.5, 0.6) is 0 Å². The molecular weight excluding hydrogens is 266 g/mol. The number of amides is 1. The number of nitrogens with zero attached hydrogens (tertiary/aromatic N) is 2. The van der Waals surface area contributed by atoms with Crippen LogP contribution < -0.4 is 10.3 Å². The van der Waals surface area contributed by atoms with Crippen LogP contribution in [0.4, 0.5) is 5.69 Å². The average Bonchev–Trinajstić information content (AvgIpc) is 2.92. The van der Waals surface area contributed by atoms with E-state index in [4.69, 9.17) is 5.11 Å². The second-order valence-corrected chi connectivity index (χ2v) is 5.50. The predicted octanol–water partition coefficient (Wildman–Crippen LogP) is 2.16. The Hall–Kier alpha value is -1.88. The first-order valence-corrected chi connectivity index (χ1v) is 7.43. The molecule has 1 aromatic rings. The summed E-state index contributed by atoms with van der Waals surface area (Å²) in [6.07, 6.45) is 2.47. The van der Waals surface area contributed by atoms with Crippen LogP contribution in [0, 0.1) is 0 Å². The highest BCUT2D eigenvalue weighted by atomic mass is 16.3. The third-order valence-electron chi connectivity index (χ3n) is 3.58. The molecule has 1 aromatic carbocycles. The Balaban J connectivity index is 1.94. The van der Waals surface area contributed by atoms with E-state index in [0.717, 1.165) is 30.8 Å². The van der Waals surface area contributed by atoms with E-state index in [9.17, 15) is 4.79 Å². The van der Waals surface area contributed by atoms with Crippen LogP contribution in [0.2, 0.25) is 0 Å². The van der Waals surface area contributed by atoms with Gasteiger partial charge < -0.3 is 10.4 Å². The number of carbonyl (C=O) groups is 1. The van der Waals surface area contributed by atoms with Crippen molar-refractivity contribution in [1.82, 2.24) is 5.32 Å². The quantitative estimate of drug-likeness (QED) is 0.843. The maximum Gasteiger partial charge on any atom is 0.251 e. The summed E-state index contributed by atoms with van der Waals surface area (Å²) in [6.45, 7) is 5.03. The lowest BCUT2D eigenvalue weighted by atomic mass is 10.1. The number of nitrogens with one attached hydrogen (secondary N) is 1. The van der Waals surface area contributed by atoms with E-state index in [-0.39, 0.29) is 18.6 Å². The van der Waals surface area contributed by atoms with Gasteiger partial charge in [-0.05, 0) is 51.0 Å². The number of benzene rings is 1. The van der Waals surface area contributed by atoms with Crippen LogP contribution in [-0.2, 0) is 0 Å². The van der Waals surface area contributed by atoms with Gasteiger partial charge in [-0.25, -0.2) is 0 Å². The van der Waals surface area contributed by atoms with Crippen molar-refractivity contribution in [2.75, 3.05) is 18.2 Å². The van der Waals surface area contributed by atoms with E-state index in [0.29, 0.717) is 12.0 Å². The number of rotatable bonds is 6. The van der Waals surface area contributed by atoms with Crippen molar-refractivity contribution in [2.45, 2.75) is 39.2 Å². The van der Waals surface area contributed by atoms with Crippen LogP contribution in [-0.4, -0.2) is 35.9 Å². The summed E-state index contributed by atoms with van der Waals surface area (Å²) in [5.41, 5.74) is 2.79. The molecule has 114 valence electrons. The molecule has 1 atom stereocenters. The number of hydrazone groups is 1. The van der Waals surface area contributed by atoms with Crippen molar-refractivity contribution < 1.29 is 9.90 Å². The summed E-state index contributed by atoms with van der Waals surface area (Å²) < 4.78 is 0. The molecule has 1 amide bonds. The zero-order chi connectivity index (χ0) is 15.2. The molecule has 5 nitrogen and oxygen atoms in total. The van der Waals surface area contributed by atoms with Crippen molar-refractivity contribution in [2.24, 2.45) is 5.10 Å². The Morgan fingerprint density at radius 1 is 1.43 bits per heavy atom.